The second-order valence-electron chi connectivity index (χ2n) is 4.29. The van der Waals surface area contributed by atoms with Gasteiger partial charge in [0, 0.05) is 11.6 Å². The predicted octanol–water partition coefficient (Wildman–Crippen LogP) is 1.87. The van der Waals surface area contributed by atoms with Crippen molar-refractivity contribution in [2.24, 2.45) is 0 Å². The SMILES string of the molecule is CCC(CO)NC(=O)c1cc(F)cc2cccnc12. The highest BCUT2D eigenvalue weighted by molar-refractivity contribution is 6.05. The van der Waals surface area contributed by atoms with Crippen molar-refractivity contribution in [3.63, 3.8) is 0 Å². The average Bonchev–Trinajstić information content (AvgIpc) is 2.43. The zero-order chi connectivity index (χ0) is 13.8. The van der Waals surface area contributed by atoms with Crippen LogP contribution in [-0.4, -0.2) is 28.6 Å². The lowest BCUT2D eigenvalue weighted by molar-refractivity contribution is 0.0916. The topological polar surface area (TPSA) is 62.2 Å². The molecule has 0 aliphatic rings. The Hall–Kier alpha value is -2.01. The van der Waals surface area contributed by atoms with Gasteiger partial charge in [-0.05, 0) is 24.6 Å². The summed E-state index contributed by atoms with van der Waals surface area (Å²) in [5.74, 6) is -0.910. The molecule has 1 unspecified atom stereocenters. The molecule has 2 N–H and O–H groups in total. The maximum Gasteiger partial charge on any atom is 0.253 e. The Labute approximate surface area is 110 Å². The van der Waals surface area contributed by atoms with Crippen LogP contribution in [0.3, 0.4) is 0 Å². The van der Waals surface area contributed by atoms with Crippen molar-refractivity contribution in [1.29, 1.82) is 0 Å². The lowest BCUT2D eigenvalue weighted by Crippen LogP contribution is -2.37. The number of hydrogen-bond acceptors (Lipinski definition) is 3. The monoisotopic (exact) mass is 262 g/mol. The Morgan fingerprint density at radius 3 is 3.00 bits per heavy atom. The fraction of sp³-hybridized carbons (Fsp3) is 0.286. The molecule has 1 aromatic heterocycles. The minimum absolute atomic E-state index is 0.150. The fourth-order valence-electron chi connectivity index (χ4n) is 1.87. The molecule has 0 saturated heterocycles. The van der Waals surface area contributed by atoms with E-state index in [1.54, 1.807) is 18.3 Å². The number of aliphatic hydroxyl groups is 1. The van der Waals surface area contributed by atoms with Crippen LogP contribution in [0.1, 0.15) is 23.7 Å². The van der Waals surface area contributed by atoms with Crippen LogP contribution >= 0.6 is 0 Å². The molecular weight excluding hydrogens is 247 g/mol. The van der Waals surface area contributed by atoms with E-state index >= 15 is 0 Å². The molecule has 0 spiro atoms. The van der Waals surface area contributed by atoms with E-state index in [1.807, 2.05) is 6.92 Å². The first kappa shape index (κ1) is 13.4. The van der Waals surface area contributed by atoms with E-state index in [-0.39, 0.29) is 18.2 Å². The van der Waals surface area contributed by atoms with Crippen molar-refractivity contribution in [3.05, 3.63) is 41.8 Å². The standard InChI is InChI=1S/C14H15FN2O2/c1-2-11(8-18)17-14(19)12-7-10(15)6-9-4-3-5-16-13(9)12/h3-7,11,18H,2,8H2,1H3,(H,17,19). The van der Waals surface area contributed by atoms with Gasteiger partial charge >= 0.3 is 0 Å². The van der Waals surface area contributed by atoms with E-state index in [9.17, 15) is 9.18 Å². The summed E-state index contributed by atoms with van der Waals surface area (Å²) >= 11 is 0. The zero-order valence-electron chi connectivity index (χ0n) is 10.6. The molecule has 1 atom stereocenters. The molecule has 0 aliphatic heterocycles. The van der Waals surface area contributed by atoms with Gasteiger partial charge in [-0.25, -0.2) is 4.39 Å². The lowest BCUT2D eigenvalue weighted by Gasteiger charge is -2.14. The first-order chi connectivity index (χ1) is 9.15. The van der Waals surface area contributed by atoms with Gasteiger partial charge in [0.2, 0.25) is 0 Å². The van der Waals surface area contributed by atoms with Crippen LogP contribution in [0.15, 0.2) is 30.5 Å². The zero-order valence-corrected chi connectivity index (χ0v) is 10.6. The Morgan fingerprint density at radius 2 is 2.32 bits per heavy atom. The summed E-state index contributed by atoms with van der Waals surface area (Å²) in [7, 11) is 0. The number of benzene rings is 1. The number of aliphatic hydroxyl groups excluding tert-OH is 1. The molecule has 0 fully saturated rings. The molecule has 0 radical (unpaired) electrons. The van der Waals surface area contributed by atoms with Gasteiger partial charge in [-0.3, -0.25) is 9.78 Å². The molecule has 0 saturated carbocycles. The van der Waals surface area contributed by atoms with Gasteiger partial charge < -0.3 is 10.4 Å². The number of pyridine rings is 1. The van der Waals surface area contributed by atoms with Crippen LogP contribution in [0, 0.1) is 5.82 Å². The largest absolute Gasteiger partial charge is 0.394 e. The first-order valence-corrected chi connectivity index (χ1v) is 6.11. The van der Waals surface area contributed by atoms with E-state index in [1.165, 1.54) is 6.07 Å². The summed E-state index contributed by atoms with van der Waals surface area (Å²) < 4.78 is 13.5. The smallest absolute Gasteiger partial charge is 0.253 e. The fourth-order valence-corrected chi connectivity index (χ4v) is 1.87. The summed E-state index contributed by atoms with van der Waals surface area (Å²) in [4.78, 5) is 16.2. The van der Waals surface area contributed by atoms with E-state index in [4.69, 9.17) is 5.11 Å². The van der Waals surface area contributed by atoms with Gasteiger partial charge in [0.15, 0.2) is 0 Å². The molecule has 4 nitrogen and oxygen atoms in total. The molecule has 0 aliphatic carbocycles. The number of nitrogens with one attached hydrogen (secondary N) is 1. The van der Waals surface area contributed by atoms with Crippen molar-refractivity contribution >= 4 is 16.8 Å². The highest BCUT2D eigenvalue weighted by Crippen LogP contribution is 2.18. The number of halogens is 1. The van der Waals surface area contributed by atoms with E-state index in [2.05, 4.69) is 10.3 Å². The summed E-state index contributed by atoms with van der Waals surface area (Å²) in [6, 6.07) is 5.55. The summed E-state index contributed by atoms with van der Waals surface area (Å²) in [5.41, 5.74) is 0.636. The predicted molar refractivity (Wildman–Crippen MR) is 70.3 cm³/mol. The Kier molecular flexibility index (Phi) is 4.06. The molecule has 1 heterocycles. The van der Waals surface area contributed by atoms with Crippen LogP contribution < -0.4 is 5.32 Å². The van der Waals surface area contributed by atoms with E-state index < -0.39 is 11.7 Å². The van der Waals surface area contributed by atoms with E-state index in [0.29, 0.717) is 17.3 Å². The first-order valence-electron chi connectivity index (χ1n) is 6.11. The molecule has 100 valence electrons. The quantitative estimate of drug-likeness (QED) is 0.884. The van der Waals surface area contributed by atoms with E-state index in [0.717, 1.165) is 6.07 Å². The van der Waals surface area contributed by atoms with Crippen LogP contribution in [0.4, 0.5) is 4.39 Å². The van der Waals surface area contributed by atoms with Crippen molar-refractivity contribution in [2.45, 2.75) is 19.4 Å². The maximum absolute atomic E-state index is 13.5. The minimum atomic E-state index is -0.484. The second kappa shape index (κ2) is 5.75. The van der Waals surface area contributed by atoms with Gasteiger partial charge in [-0.1, -0.05) is 13.0 Å². The number of rotatable bonds is 4. The van der Waals surface area contributed by atoms with Crippen molar-refractivity contribution in [1.82, 2.24) is 10.3 Å². The second-order valence-corrected chi connectivity index (χ2v) is 4.29. The van der Waals surface area contributed by atoms with Crippen LogP contribution in [0.5, 0.6) is 0 Å². The summed E-state index contributed by atoms with van der Waals surface area (Å²) in [6.45, 7) is 1.70. The van der Waals surface area contributed by atoms with Crippen molar-refractivity contribution in [2.75, 3.05) is 6.61 Å². The molecule has 0 bridgehead atoms. The van der Waals surface area contributed by atoms with Gasteiger partial charge in [-0.15, -0.1) is 0 Å². The minimum Gasteiger partial charge on any atom is -0.394 e. The normalized spacial score (nSPS) is 12.4. The molecular formula is C14H15FN2O2. The molecule has 2 rings (SSSR count). The number of nitrogens with zero attached hydrogens (tertiary/aromatic N) is 1. The number of fused-ring (bicyclic) bond motifs is 1. The summed E-state index contributed by atoms with van der Waals surface area (Å²) in [6.07, 6.45) is 2.16. The molecule has 5 heteroatoms. The molecule has 1 aromatic carbocycles. The highest BCUT2D eigenvalue weighted by Gasteiger charge is 2.16. The van der Waals surface area contributed by atoms with Gasteiger partial charge in [0.05, 0.1) is 23.7 Å². The highest BCUT2D eigenvalue weighted by atomic mass is 19.1. The Morgan fingerprint density at radius 1 is 1.53 bits per heavy atom. The van der Waals surface area contributed by atoms with Gasteiger partial charge in [-0.2, -0.15) is 0 Å². The number of carbonyl (C=O) groups excluding carboxylic acids is 1. The molecule has 19 heavy (non-hydrogen) atoms. The number of aromatic nitrogens is 1. The van der Waals surface area contributed by atoms with Crippen molar-refractivity contribution in [3.8, 4) is 0 Å². The number of carbonyl (C=O) groups is 1. The Bertz CT molecular complexity index is 597. The van der Waals surface area contributed by atoms with Crippen LogP contribution in [0.2, 0.25) is 0 Å². The number of amides is 1. The van der Waals surface area contributed by atoms with Crippen molar-refractivity contribution < 1.29 is 14.3 Å². The lowest BCUT2D eigenvalue weighted by atomic mass is 10.1. The van der Waals surface area contributed by atoms with Crippen LogP contribution in [0.25, 0.3) is 10.9 Å². The third-order valence-electron chi connectivity index (χ3n) is 2.96. The van der Waals surface area contributed by atoms with Gasteiger partial charge in [0.1, 0.15) is 5.82 Å². The van der Waals surface area contributed by atoms with Crippen LogP contribution in [-0.2, 0) is 0 Å². The third kappa shape index (κ3) is 2.88. The maximum atomic E-state index is 13.5. The average molecular weight is 262 g/mol. The third-order valence-corrected chi connectivity index (χ3v) is 2.96. The summed E-state index contributed by atoms with van der Waals surface area (Å²) in [5, 5.41) is 12.3. The number of hydrogen-bond donors (Lipinski definition) is 2. The molecule has 2 aromatic rings. The van der Waals surface area contributed by atoms with Gasteiger partial charge in [0.25, 0.3) is 5.91 Å². The molecule has 1 amide bonds. The Balaban J connectivity index is 2.41.